The number of methoxy groups -OCH3 is 2. The van der Waals surface area contributed by atoms with Crippen LogP contribution in [0.4, 0.5) is 0 Å². The summed E-state index contributed by atoms with van der Waals surface area (Å²) < 4.78 is 21.7. The largest absolute Gasteiger partial charge is 0.497 e. The van der Waals surface area contributed by atoms with E-state index in [1.165, 1.54) is 0 Å². The Labute approximate surface area is 154 Å². The minimum Gasteiger partial charge on any atom is -0.497 e. The Bertz CT molecular complexity index is 702. The van der Waals surface area contributed by atoms with Gasteiger partial charge in [0.2, 0.25) is 0 Å². The summed E-state index contributed by atoms with van der Waals surface area (Å²) in [5.74, 6) is 2.37. The van der Waals surface area contributed by atoms with Crippen molar-refractivity contribution in [2.24, 2.45) is 0 Å². The first-order chi connectivity index (χ1) is 12.5. The summed E-state index contributed by atoms with van der Waals surface area (Å²) in [7, 11) is 3.17. The van der Waals surface area contributed by atoms with E-state index in [2.05, 4.69) is 5.32 Å². The van der Waals surface area contributed by atoms with Crippen molar-refractivity contribution in [2.75, 3.05) is 20.8 Å². The Morgan fingerprint density at radius 2 is 1.54 bits per heavy atom. The molecule has 0 bridgehead atoms. The van der Waals surface area contributed by atoms with Crippen LogP contribution < -0.4 is 24.3 Å². The Morgan fingerprint density at radius 1 is 0.923 bits per heavy atom. The smallest absolute Gasteiger partial charge is 0.261 e. The van der Waals surface area contributed by atoms with Crippen LogP contribution >= 0.6 is 0 Å². The van der Waals surface area contributed by atoms with Crippen molar-refractivity contribution < 1.29 is 23.7 Å². The van der Waals surface area contributed by atoms with E-state index in [1.54, 1.807) is 33.3 Å². The van der Waals surface area contributed by atoms with E-state index in [0.717, 1.165) is 5.75 Å². The lowest BCUT2D eigenvalue weighted by Gasteiger charge is -2.20. The number of para-hydroxylation sites is 2. The number of nitrogens with one attached hydrogen (secondary N) is 1. The molecule has 0 radical (unpaired) electrons. The molecule has 0 aliphatic carbocycles. The number of amides is 1. The predicted molar refractivity (Wildman–Crippen MR) is 99.2 cm³/mol. The summed E-state index contributed by atoms with van der Waals surface area (Å²) >= 11 is 0. The second kappa shape index (κ2) is 9.56. The summed E-state index contributed by atoms with van der Waals surface area (Å²) in [5, 5.41) is 2.88. The predicted octanol–water partition coefficient (Wildman–Crippen LogP) is 3.05. The number of ether oxygens (including phenoxy) is 4. The zero-order valence-electron chi connectivity index (χ0n) is 15.5. The molecule has 2 unspecified atom stereocenters. The highest BCUT2D eigenvalue weighted by Crippen LogP contribution is 2.26. The van der Waals surface area contributed by atoms with Gasteiger partial charge in [0, 0.05) is 0 Å². The first-order valence-corrected chi connectivity index (χ1v) is 8.40. The second-order valence-corrected chi connectivity index (χ2v) is 5.81. The third kappa shape index (κ3) is 5.58. The van der Waals surface area contributed by atoms with Crippen molar-refractivity contribution in [1.82, 2.24) is 5.32 Å². The highest BCUT2D eigenvalue weighted by atomic mass is 16.5. The number of carbonyl (C=O) groups excluding carboxylic acids is 1. The minimum absolute atomic E-state index is 0.173. The molecule has 2 aromatic rings. The summed E-state index contributed by atoms with van der Waals surface area (Å²) in [6.07, 6.45) is -0.658. The van der Waals surface area contributed by atoms with E-state index in [0.29, 0.717) is 23.9 Å². The summed E-state index contributed by atoms with van der Waals surface area (Å²) in [6, 6.07) is 14.3. The molecule has 26 heavy (non-hydrogen) atoms. The lowest BCUT2D eigenvalue weighted by Crippen LogP contribution is -2.43. The second-order valence-electron chi connectivity index (χ2n) is 5.81. The maximum Gasteiger partial charge on any atom is 0.261 e. The number of carbonyl (C=O) groups is 1. The highest BCUT2D eigenvalue weighted by Gasteiger charge is 2.18. The van der Waals surface area contributed by atoms with Crippen LogP contribution in [0, 0.1) is 0 Å². The lowest BCUT2D eigenvalue weighted by molar-refractivity contribution is -0.128. The lowest BCUT2D eigenvalue weighted by atomic mass is 10.3. The quantitative estimate of drug-likeness (QED) is 0.745. The minimum atomic E-state index is -0.658. The molecular weight excluding hydrogens is 334 g/mol. The number of hydrogen-bond acceptors (Lipinski definition) is 5. The van der Waals surface area contributed by atoms with E-state index >= 15 is 0 Å². The van der Waals surface area contributed by atoms with Gasteiger partial charge in [-0.1, -0.05) is 12.1 Å². The zero-order valence-corrected chi connectivity index (χ0v) is 15.5. The first-order valence-electron chi connectivity index (χ1n) is 8.40. The molecule has 6 heteroatoms. The third-order valence-electron chi connectivity index (χ3n) is 3.69. The maximum atomic E-state index is 12.3. The molecule has 2 aromatic carbocycles. The topological polar surface area (TPSA) is 66.0 Å². The van der Waals surface area contributed by atoms with E-state index in [1.807, 2.05) is 43.3 Å². The Balaban J connectivity index is 1.81. The van der Waals surface area contributed by atoms with E-state index in [-0.39, 0.29) is 11.9 Å². The zero-order chi connectivity index (χ0) is 18.9. The Morgan fingerprint density at radius 3 is 2.15 bits per heavy atom. The van der Waals surface area contributed by atoms with Gasteiger partial charge in [0.05, 0.1) is 20.3 Å². The summed E-state index contributed by atoms with van der Waals surface area (Å²) in [6.45, 7) is 3.91. The van der Waals surface area contributed by atoms with Gasteiger partial charge in [-0.2, -0.15) is 0 Å². The van der Waals surface area contributed by atoms with Crippen molar-refractivity contribution in [2.45, 2.75) is 26.0 Å². The van der Waals surface area contributed by atoms with Gasteiger partial charge in [-0.3, -0.25) is 4.79 Å². The molecule has 1 amide bonds. The number of benzene rings is 2. The number of hydrogen-bond donors (Lipinski definition) is 1. The fourth-order valence-corrected chi connectivity index (χ4v) is 2.26. The fraction of sp³-hybridized carbons (Fsp3) is 0.350. The molecule has 0 spiro atoms. The van der Waals surface area contributed by atoms with Crippen molar-refractivity contribution in [1.29, 1.82) is 0 Å². The van der Waals surface area contributed by atoms with E-state index in [9.17, 15) is 4.79 Å². The number of rotatable bonds is 9. The maximum absolute atomic E-state index is 12.3. The molecule has 2 atom stereocenters. The van der Waals surface area contributed by atoms with Crippen LogP contribution in [0.25, 0.3) is 0 Å². The van der Waals surface area contributed by atoms with Crippen molar-refractivity contribution in [3.8, 4) is 23.0 Å². The van der Waals surface area contributed by atoms with Crippen LogP contribution in [0.3, 0.4) is 0 Å². The fourth-order valence-electron chi connectivity index (χ4n) is 2.26. The van der Waals surface area contributed by atoms with Gasteiger partial charge in [0.1, 0.15) is 18.1 Å². The molecule has 0 heterocycles. The van der Waals surface area contributed by atoms with Crippen LogP contribution in [-0.2, 0) is 4.79 Å². The SMILES string of the molecule is COc1ccc(OCC(C)NC(=O)C(C)Oc2ccccc2OC)cc1. The van der Waals surface area contributed by atoms with Crippen molar-refractivity contribution in [3.63, 3.8) is 0 Å². The van der Waals surface area contributed by atoms with Gasteiger partial charge in [0.25, 0.3) is 5.91 Å². The normalized spacial score (nSPS) is 12.6. The highest BCUT2D eigenvalue weighted by molar-refractivity contribution is 5.81. The molecule has 0 aliphatic heterocycles. The average Bonchev–Trinajstić information content (AvgIpc) is 2.67. The molecule has 0 aliphatic rings. The molecule has 140 valence electrons. The van der Waals surface area contributed by atoms with E-state index < -0.39 is 6.10 Å². The van der Waals surface area contributed by atoms with Gasteiger partial charge in [0.15, 0.2) is 17.6 Å². The standard InChI is InChI=1S/C20H25NO5/c1-14(13-25-17-11-9-16(23-3)10-12-17)21-20(22)15(2)26-19-8-6-5-7-18(19)24-4/h5-12,14-15H,13H2,1-4H3,(H,21,22). The van der Waals surface area contributed by atoms with Crippen LogP contribution in [0.2, 0.25) is 0 Å². The van der Waals surface area contributed by atoms with E-state index in [4.69, 9.17) is 18.9 Å². The van der Waals surface area contributed by atoms with Crippen LogP contribution in [0.5, 0.6) is 23.0 Å². The van der Waals surface area contributed by atoms with Crippen LogP contribution in [0.15, 0.2) is 48.5 Å². The summed E-state index contributed by atoms with van der Waals surface area (Å²) in [4.78, 5) is 12.3. The molecule has 1 N–H and O–H groups in total. The van der Waals surface area contributed by atoms with Crippen molar-refractivity contribution in [3.05, 3.63) is 48.5 Å². The molecule has 2 rings (SSSR count). The monoisotopic (exact) mass is 359 g/mol. The van der Waals surface area contributed by atoms with Crippen LogP contribution in [-0.4, -0.2) is 38.9 Å². The first kappa shape index (κ1) is 19.4. The molecular formula is C20H25NO5. The third-order valence-corrected chi connectivity index (χ3v) is 3.69. The van der Waals surface area contributed by atoms with Gasteiger partial charge < -0.3 is 24.3 Å². The summed E-state index contributed by atoms with van der Waals surface area (Å²) in [5.41, 5.74) is 0. The van der Waals surface area contributed by atoms with Crippen molar-refractivity contribution >= 4 is 5.91 Å². The molecule has 0 fully saturated rings. The van der Waals surface area contributed by atoms with Crippen LogP contribution in [0.1, 0.15) is 13.8 Å². The Kier molecular flexibility index (Phi) is 7.14. The molecule has 0 saturated heterocycles. The molecule has 0 saturated carbocycles. The van der Waals surface area contributed by atoms with Gasteiger partial charge in [-0.05, 0) is 50.2 Å². The van der Waals surface area contributed by atoms with Gasteiger partial charge >= 0.3 is 0 Å². The molecule has 0 aromatic heterocycles. The molecule has 6 nitrogen and oxygen atoms in total. The van der Waals surface area contributed by atoms with Gasteiger partial charge in [-0.25, -0.2) is 0 Å². The Hall–Kier alpha value is -2.89. The average molecular weight is 359 g/mol. The van der Waals surface area contributed by atoms with Gasteiger partial charge in [-0.15, -0.1) is 0 Å².